The minimum Gasteiger partial charge on any atom is -0.481 e. The van der Waals surface area contributed by atoms with E-state index in [2.05, 4.69) is 34.6 Å². The molecule has 2 unspecified atom stereocenters. The number of nitrogens with one attached hydrogen (secondary N) is 2. The largest absolute Gasteiger partial charge is 0.481 e. The van der Waals surface area contributed by atoms with Gasteiger partial charge in [0.05, 0.1) is 5.92 Å². The fourth-order valence-corrected chi connectivity index (χ4v) is 4.57. The third kappa shape index (κ3) is 6.02. The maximum atomic E-state index is 12.8. The predicted molar refractivity (Wildman–Crippen MR) is 132 cm³/mol. The number of fused-ring (bicyclic) bond motifs is 3. The average Bonchev–Trinajstić information content (AvgIpc) is 3.63. The summed E-state index contributed by atoms with van der Waals surface area (Å²) >= 11 is 0. The van der Waals surface area contributed by atoms with E-state index in [1.165, 1.54) is 0 Å². The molecule has 1 saturated carbocycles. The van der Waals surface area contributed by atoms with E-state index < -0.39 is 29.9 Å². The summed E-state index contributed by atoms with van der Waals surface area (Å²) in [6, 6.07) is 15.2. The fourth-order valence-electron chi connectivity index (χ4n) is 4.57. The van der Waals surface area contributed by atoms with Crippen molar-refractivity contribution in [2.24, 2.45) is 11.8 Å². The number of benzene rings is 2. The highest BCUT2D eigenvalue weighted by molar-refractivity contribution is 5.86. The maximum absolute atomic E-state index is 12.8. The van der Waals surface area contributed by atoms with Crippen molar-refractivity contribution in [3.63, 3.8) is 0 Å². The molecule has 4 rings (SSSR count). The highest BCUT2D eigenvalue weighted by Crippen LogP contribution is 2.44. The van der Waals surface area contributed by atoms with Crippen molar-refractivity contribution >= 4 is 18.0 Å². The van der Waals surface area contributed by atoms with E-state index in [1.54, 1.807) is 6.92 Å². The van der Waals surface area contributed by atoms with Gasteiger partial charge in [-0.05, 0) is 41.5 Å². The summed E-state index contributed by atoms with van der Waals surface area (Å²) in [5, 5.41) is 14.7. The van der Waals surface area contributed by atoms with Gasteiger partial charge in [0.1, 0.15) is 12.6 Å². The predicted octanol–water partition coefficient (Wildman–Crippen LogP) is 3.92. The lowest BCUT2D eigenvalue weighted by molar-refractivity contribution is -0.142. The third-order valence-corrected chi connectivity index (χ3v) is 6.62. The molecule has 7 heteroatoms. The molecule has 2 aromatic carbocycles. The standard InChI is InChI=1S/C28H30N2O5/c1-2-3-12-25(26(31)29-16-19(27(32)33)15-18-13-14-18)30-28(34)35-17-24-22-10-6-4-8-20(22)21-9-5-7-11-23(21)24/h4-11,18-19,24-25H,12-17H2,1H3,(H,29,31)(H,30,34)(H,32,33). The Labute approximate surface area is 205 Å². The SMILES string of the molecule is CC#CCC(NC(=O)OCC1c2ccccc2-c2ccccc21)C(=O)NCC(CC1CC1)C(=O)O. The van der Waals surface area contributed by atoms with Crippen LogP contribution in [0.25, 0.3) is 11.1 Å². The number of carboxylic acids is 1. The van der Waals surface area contributed by atoms with Crippen LogP contribution in [0, 0.1) is 23.7 Å². The third-order valence-electron chi connectivity index (χ3n) is 6.62. The highest BCUT2D eigenvalue weighted by Gasteiger charge is 2.31. The summed E-state index contributed by atoms with van der Waals surface area (Å²) in [7, 11) is 0. The Morgan fingerprint density at radius 3 is 2.26 bits per heavy atom. The zero-order chi connectivity index (χ0) is 24.8. The van der Waals surface area contributed by atoms with Crippen molar-refractivity contribution in [3.8, 4) is 23.0 Å². The summed E-state index contributed by atoms with van der Waals surface area (Å²) in [6.45, 7) is 1.81. The van der Waals surface area contributed by atoms with Gasteiger partial charge in [0.15, 0.2) is 0 Å². The summed E-state index contributed by atoms with van der Waals surface area (Å²) in [5.41, 5.74) is 4.46. The van der Waals surface area contributed by atoms with E-state index in [9.17, 15) is 19.5 Å². The minimum absolute atomic E-state index is 0.0209. The van der Waals surface area contributed by atoms with Gasteiger partial charge < -0.3 is 20.5 Å². The zero-order valence-corrected chi connectivity index (χ0v) is 19.8. The fraction of sp³-hybridized carbons (Fsp3) is 0.393. The molecule has 0 aromatic heterocycles. The van der Waals surface area contributed by atoms with Crippen LogP contribution in [0.5, 0.6) is 0 Å². The summed E-state index contributed by atoms with van der Waals surface area (Å²) in [5.74, 6) is 3.84. The number of ether oxygens (including phenoxy) is 1. The normalized spacial score (nSPS) is 15.6. The Balaban J connectivity index is 1.36. The van der Waals surface area contributed by atoms with E-state index in [0.717, 1.165) is 35.1 Å². The zero-order valence-electron chi connectivity index (χ0n) is 19.8. The Morgan fingerprint density at radius 2 is 1.69 bits per heavy atom. The molecule has 0 spiro atoms. The molecule has 2 aliphatic rings. The second kappa shape index (κ2) is 11.1. The number of carboxylic acid groups (broad SMARTS) is 1. The van der Waals surface area contributed by atoms with Crippen molar-refractivity contribution < 1.29 is 24.2 Å². The van der Waals surface area contributed by atoms with Crippen LogP contribution in [0.3, 0.4) is 0 Å². The first kappa shape index (κ1) is 24.3. The Hall–Kier alpha value is -3.79. The van der Waals surface area contributed by atoms with E-state index >= 15 is 0 Å². The maximum Gasteiger partial charge on any atom is 0.407 e. The van der Waals surface area contributed by atoms with Crippen molar-refractivity contribution in [1.82, 2.24) is 10.6 Å². The molecule has 3 N–H and O–H groups in total. The van der Waals surface area contributed by atoms with Crippen molar-refractivity contribution in [1.29, 1.82) is 0 Å². The molecule has 1 fully saturated rings. The molecule has 0 bridgehead atoms. The van der Waals surface area contributed by atoms with Crippen LogP contribution in [-0.2, 0) is 14.3 Å². The van der Waals surface area contributed by atoms with Crippen molar-refractivity contribution in [2.75, 3.05) is 13.2 Å². The molecule has 0 aliphatic heterocycles. The molecule has 2 aromatic rings. The smallest absolute Gasteiger partial charge is 0.407 e. The number of hydrogen-bond donors (Lipinski definition) is 3. The Morgan fingerprint density at radius 1 is 1.06 bits per heavy atom. The van der Waals surface area contributed by atoms with E-state index in [1.807, 2.05) is 36.4 Å². The van der Waals surface area contributed by atoms with Gasteiger partial charge in [-0.25, -0.2) is 4.79 Å². The monoisotopic (exact) mass is 474 g/mol. The molecular formula is C28H30N2O5. The van der Waals surface area contributed by atoms with Crippen molar-refractivity contribution in [3.05, 3.63) is 59.7 Å². The molecule has 0 radical (unpaired) electrons. The molecule has 35 heavy (non-hydrogen) atoms. The van der Waals surface area contributed by atoms with Crippen LogP contribution in [0.1, 0.15) is 49.7 Å². The minimum atomic E-state index is -0.937. The lowest BCUT2D eigenvalue weighted by Crippen LogP contribution is -2.48. The van der Waals surface area contributed by atoms with E-state index in [0.29, 0.717) is 12.3 Å². The first-order valence-electron chi connectivity index (χ1n) is 12.0. The van der Waals surface area contributed by atoms with Gasteiger partial charge in [-0.3, -0.25) is 9.59 Å². The van der Waals surface area contributed by atoms with Gasteiger partial charge in [0.2, 0.25) is 5.91 Å². The van der Waals surface area contributed by atoms with Gasteiger partial charge in [-0.1, -0.05) is 61.4 Å². The topological polar surface area (TPSA) is 105 Å². The molecule has 2 amide bonds. The molecule has 0 heterocycles. The summed E-state index contributed by atoms with van der Waals surface area (Å²) in [4.78, 5) is 36.9. The molecule has 2 aliphatic carbocycles. The lowest BCUT2D eigenvalue weighted by Gasteiger charge is -2.19. The molecule has 182 valence electrons. The number of carbonyl (C=O) groups excluding carboxylic acids is 2. The number of carbonyl (C=O) groups is 3. The average molecular weight is 475 g/mol. The van der Waals surface area contributed by atoms with Gasteiger partial charge in [0, 0.05) is 18.9 Å². The second-order valence-electron chi connectivity index (χ2n) is 9.11. The van der Waals surface area contributed by atoms with E-state index in [4.69, 9.17) is 4.74 Å². The highest BCUT2D eigenvalue weighted by atomic mass is 16.5. The van der Waals surface area contributed by atoms with Crippen LogP contribution in [-0.4, -0.2) is 42.3 Å². The molecule has 0 saturated heterocycles. The van der Waals surface area contributed by atoms with Crippen LogP contribution < -0.4 is 10.6 Å². The van der Waals surface area contributed by atoms with Crippen LogP contribution in [0.15, 0.2) is 48.5 Å². The second-order valence-corrected chi connectivity index (χ2v) is 9.11. The number of aliphatic carboxylic acids is 1. The number of amides is 2. The molecule has 7 nitrogen and oxygen atoms in total. The number of rotatable bonds is 10. The number of hydrogen-bond acceptors (Lipinski definition) is 4. The van der Waals surface area contributed by atoms with Crippen LogP contribution in [0.4, 0.5) is 4.79 Å². The van der Waals surface area contributed by atoms with E-state index in [-0.39, 0.29) is 25.5 Å². The quantitative estimate of drug-likeness (QED) is 0.453. The first-order chi connectivity index (χ1) is 17.0. The van der Waals surface area contributed by atoms with Gasteiger partial charge in [-0.15, -0.1) is 11.8 Å². The van der Waals surface area contributed by atoms with Crippen LogP contribution in [0.2, 0.25) is 0 Å². The van der Waals surface area contributed by atoms with Gasteiger partial charge in [-0.2, -0.15) is 0 Å². The van der Waals surface area contributed by atoms with Gasteiger partial charge >= 0.3 is 12.1 Å². The first-order valence-corrected chi connectivity index (χ1v) is 12.0. The Kier molecular flexibility index (Phi) is 7.71. The number of alkyl carbamates (subject to hydrolysis) is 1. The van der Waals surface area contributed by atoms with Crippen molar-refractivity contribution in [2.45, 2.75) is 44.6 Å². The van der Waals surface area contributed by atoms with Gasteiger partial charge in [0.25, 0.3) is 0 Å². The Bertz CT molecular complexity index is 1120. The van der Waals surface area contributed by atoms with Crippen LogP contribution >= 0.6 is 0 Å². The summed E-state index contributed by atoms with van der Waals surface area (Å²) < 4.78 is 5.55. The lowest BCUT2D eigenvalue weighted by atomic mass is 9.98. The molecular weight excluding hydrogens is 444 g/mol. The summed E-state index contributed by atoms with van der Waals surface area (Å²) in [6.07, 6.45) is 2.02. The molecule has 2 atom stereocenters.